The molecule has 30 heavy (non-hydrogen) atoms. The minimum absolute atomic E-state index is 0.0637. The van der Waals surface area contributed by atoms with Gasteiger partial charge in [-0.1, -0.05) is 30.3 Å². The summed E-state index contributed by atoms with van der Waals surface area (Å²) in [5.41, 5.74) is 3.04. The van der Waals surface area contributed by atoms with Gasteiger partial charge in [0.1, 0.15) is 5.56 Å². The molecule has 3 aromatic rings. The minimum atomic E-state index is -0.193. The van der Waals surface area contributed by atoms with Crippen LogP contribution in [0.3, 0.4) is 0 Å². The fraction of sp³-hybridized carbons (Fsp3) is 0.364. The number of ether oxygens (including phenoxy) is 1. The molecular weight excluding hydrogens is 382 g/mol. The summed E-state index contributed by atoms with van der Waals surface area (Å²) in [6, 6.07) is 9.76. The first kappa shape index (κ1) is 18.7. The molecule has 0 bridgehead atoms. The maximum absolute atomic E-state index is 13.3. The third kappa shape index (κ3) is 3.33. The molecule has 2 saturated heterocycles. The quantitative estimate of drug-likeness (QED) is 0.662. The van der Waals surface area contributed by atoms with E-state index in [1.165, 1.54) is 0 Å². The normalized spacial score (nSPS) is 21.7. The van der Waals surface area contributed by atoms with Gasteiger partial charge in [-0.2, -0.15) is 5.10 Å². The number of carbonyl (C=O) groups excluding carboxylic acids is 2. The number of hydrogen-bond acceptors (Lipinski definition) is 5. The van der Waals surface area contributed by atoms with Crippen molar-refractivity contribution in [1.29, 1.82) is 0 Å². The molecule has 0 aliphatic carbocycles. The second kappa shape index (κ2) is 7.53. The summed E-state index contributed by atoms with van der Waals surface area (Å²) in [6.07, 6.45) is 5.31. The van der Waals surface area contributed by atoms with Gasteiger partial charge in [0.2, 0.25) is 5.91 Å². The first-order chi connectivity index (χ1) is 14.6. The smallest absolute Gasteiger partial charge is 0.259 e. The number of amides is 2. The van der Waals surface area contributed by atoms with Crippen LogP contribution in [0.4, 0.5) is 0 Å². The van der Waals surface area contributed by atoms with E-state index in [4.69, 9.17) is 4.74 Å². The Labute approximate surface area is 174 Å². The van der Waals surface area contributed by atoms with Gasteiger partial charge in [-0.05, 0) is 18.1 Å². The standard InChI is InChI=1S/C22H23N5O3/c1-15-9-23-21-17(10-24-27(21)11-15)22(29)25-13-18-19(14-25)30-8-7-20(28)26(18)12-16-5-3-2-4-6-16/h2-6,9-11,18-19H,7-8,12-14H2,1H3/t18-,19-/m0/s1. The van der Waals surface area contributed by atoms with E-state index in [9.17, 15) is 9.59 Å². The first-order valence-electron chi connectivity index (χ1n) is 10.1. The van der Waals surface area contributed by atoms with Crippen LogP contribution in [-0.4, -0.2) is 68.1 Å². The Morgan fingerprint density at radius 2 is 2.03 bits per heavy atom. The number of likely N-dealkylation sites (tertiary alicyclic amines) is 1. The lowest BCUT2D eigenvalue weighted by atomic mass is 10.1. The third-order valence-corrected chi connectivity index (χ3v) is 5.80. The summed E-state index contributed by atoms with van der Waals surface area (Å²) in [6.45, 7) is 3.71. The van der Waals surface area contributed by atoms with E-state index >= 15 is 0 Å². The molecular formula is C22H23N5O3. The van der Waals surface area contributed by atoms with Gasteiger partial charge in [0, 0.05) is 32.0 Å². The zero-order chi connectivity index (χ0) is 20.7. The Balaban J connectivity index is 1.40. The Kier molecular flexibility index (Phi) is 4.71. The van der Waals surface area contributed by atoms with Gasteiger partial charge in [0.05, 0.1) is 31.4 Å². The van der Waals surface area contributed by atoms with Crippen LogP contribution in [-0.2, 0) is 16.1 Å². The van der Waals surface area contributed by atoms with Gasteiger partial charge < -0.3 is 14.5 Å². The van der Waals surface area contributed by atoms with Crippen LogP contribution in [0.5, 0.6) is 0 Å². The number of nitrogens with zero attached hydrogens (tertiary/aromatic N) is 5. The first-order valence-corrected chi connectivity index (χ1v) is 10.1. The number of carbonyl (C=O) groups is 2. The zero-order valence-electron chi connectivity index (χ0n) is 16.8. The molecule has 1 aromatic carbocycles. The summed E-state index contributed by atoms with van der Waals surface area (Å²) >= 11 is 0. The largest absolute Gasteiger partial charge is 0.374 e. The van der Waals surface area contributed by atoms with E-state index in [2.05, 4.69) is 10.1 Å². The second-order valence-electron chi connectivity index (χ2n) is 7.90. The third-order valence-electron chi connectivity index (χ3n) is 5.80. The number of fused-ring (bicyclic) bond motifs is 2. The predicted molar refractivity (Wildman–Crippen MR) is 109 cm³/mol. The van der Waals surface area contributed by atoms with Crippen molar-refractivity contribution in [2.24, 2.45) is 0 Å². The van der Waals surface area contributed by atoms with Crippen molar-refractivity contribution < 1.29 is 14.3 Å². The Morgan fingerprint density at radius 3 is 2.87 bits per heavy atom. The molecule has 4 heterocycles. The Morgan fingerprint density at radius 1 is 1.20 bits per heavy atom. The highest BCUT2D eigenvalue weighted by Gasteiger charge is 2.43. The van der Waals surface area contributed by atoms with Crippen LogP contribution in [0.2, 0.25) is 0 Å². The molecule has 8 nitrogen and oxygen atoms in total. The molecule has 0 unspecified atom stereocenters. The van der Waals surface area contributed by atoms with E-state index < -0.39 is 0 Å². The molecule has 2 aliphatic rings. The fourth-order valence-corrected chi connectivity index (χ4v) is 4.29. The molecule has 0 N–H and O–H groups in total. The molecule has 2 aliphatic heterocycles. The van der Waals surface area contributed by atoms with Gasteiger partial charge in [-0.3, -0.25) is 9.59 Å². The van der Waals surface area contributed by atoms with E-state index in [0.29, 0.717) is 43.9 Å². The van der Waals surface area contributed by atoms with Crippen LogP contribution in [0.1, 0.15) is 27.9 Å². The van der Waals surface area contributed by atoms with E-state index in [0.717, 1.165) is 11.1 Å². The number of rotatable bonds is 3. The van der Waals surface area contributed by atoms with Crippen molar-refractivity contribution in [3.8, 4) is 0 Å². The average molecular weight is 405 g/mol. The second-order valence-corrected chi connectivity index (χ2v) is 7.90. The number of aryl methyl sites for hydroxylation is 1. The summed E-state index contributed by atoms with van der Waals surface area (Å²) in [7, 11) is 0. The molecule has 0 spiro atoms. The predicted octanol–water partition coefficient (Wildman–Crippen LogP) is 1.68. The van der Waals surface area contributed by atoms with Crippen molar-refractivity contribution in [2.45, 2.75) is 32.0 Å². The molecule has 0 saturated carbocycles. The minimum Gasteiger partial charge on any atom is -0.374 e. The Bertz CT molecular complexity index is 1100. The van der Waals surface area contributed by atoms with E-state index in [1.807, 2.05) is 48.4 Å². The van der Waals surface area contributed by atoms with Crippen molar-refractivity contribution in [2.75, 3.05) is 19.7 Å². The molecule has 8 heteroatoms. The van der Waals surface area contributed by atoms with E-state index in [-0.39, 0.29) is 24.0 Å². The number of hydrogen-bond donors (Lipinski definition) is 0. The van der Waals surface area contributed by atoms with Crippen molar-refractivity contribution in [3.05, 3.63) is 65.6 Å². The van der Waals surface area contributed by atoms with Gasteiger partial charge in [-0.15, -0.1) is 0 Å². The van der Waals surface area contributed by atoms with Crippen LogP contribution in [0.25, 0.3) is 5.65 Å². The highest BCUT2D eigenvalue weighted by atomic mass is 16.5. The topological polar surface area (TPSA) is 80.0 Å². The maximum Gasteiger partial charge on any atom is 0.259 e. The van der Waals surface area contributed by atoms with Crippen LogP contribution < -0.4 is 0 Å². The van der Waals surface area contributed by atoms with Gasteiger partial charge in [0.25, 0.3) is 5.91 Å². The van der Waals surface area contributed by atoms with Gasteiger partial charge in [-0.25, -0.2) is 9.50 Å². The Hall–Kier alpha value is -3.26. The highest BCUT2D eigenvalue weighted by molar-refractivity contribution is 5.99. The van der Waals surface area contributed by atoms with Crippen LogP contribution in [0, 0.1) is 6.92 Å². The van der Waals surface area contributed by atoms with Crippen molar-refractivity contribution in [1.82, 2.24) is 24.4 Å². The van der Waals surface area contributed by atoms with Crippen LogP contribution in [0.15, 0.2) is 48.9 Å². The summed E-state index contributed by atoms with van der Waals surface area (Å²) in [4.78, 5) is 34.1. The molecule has 2 atom stereocenters. The van der Waals surface area contributed by atoms with Crippen molar-refractivity contribution >= 4 is 17.5 Å². The van der Waals surface area contributed by atoms with Crippen LogP contribution >= 0.6 is 0 Å². The monoisotopic (exact) mass is 405 g/mol. The summed E-state index contributed by atoms with van der Waals surface area (Å²) in [5.74, 6) is -0.0705. The zero-order valence-corrected chi connectivity index (χ0v) is 16.8. The molecule has 5 rings (SSSR count). The molecule has 2 amide bonds. The lowest BCUT2D eigenvalue weighted by molar-refractivity contribution is -0.133. The highest BCUT2D eigenvalue weighted by Crippen LogP contribution is 2.26. The maximum atomic E-state index is 13.3. The van der Waals surface area contributed by atoms with Gasteiger partial charge >= 0.3 is 0 Å². The summed E-state index contributed by atoms with van der Waals surface area (Å²) < 4.78 is 7.60. The lowest BCUT2D eigenvalue weighted by Gasteiger charge is -2.29. The molecule has 2 fully saturated rings. The van der Waals surface area contributed by atoms with Crippen molar-refractivity contribution in [3.63, 3.8) is 0 Å². The average Bonchev–Trinajstić information content (AvgIpc) is 3.33. The number of benzene rings is 1. The SMILES string of the molecule is Cc1cnc2c(C(=O)N3C[C@@H]4OCCC(=O)N(Cc5ccccc5)[C@H]4C3)cnn2c1. The summed E-state index contributed by atoms with van der Waals surface area (Å²) in [5, 5.41) is 4.27. The molecule has 0 radical (unpaired) electrons. The number of aromatic nitrogens is 3. The fourth-order valence-electron chi connectivity index (χ4n) is 4.29. The van der Waals surface area contributed by atoms with E-state index in [1.54, 1.807) is 21.8 Å². The molecule has 2 aromatic heterocycles. The molecule has 154 valence electrons. The van der Waals surface area contributed by atoms with Gasteiger partial charge in [0.15, 0.2) is 5.65 Å². The lowest BCUT2D eigenvalue weighted by Crippen LogP contribution is -2.45.